The van der Waals surface area contributed by atoms with Crippen molar-refractivity contribution in [2.24, 2.45) is 5.92 Å². The first-order valence-corrected chi connectivity index (χ1v) is 12.7. The molecule has 0 N–H and O–H groups in total. The quantitative estimate of drug-likeness (QED) is 0.675. The van der Waals surface area contributed by atoms with E-state index in [1.54, 1.807) is 27.7 Å². The minimum Gasteiger partial charge on any atom is -0.273 e. The van der Waals surface area contributed by atoms with Crippen LogP contribution in [0.5, 0.6) is 0 Å². The topological polar surface area (TPSA) is 91.8 Å². The van der Waals surface area contributed by atoms with Gasteiger partial charge in [-0.25, -0.2) is 21.1 Å². The van der Waals surface area contributed by atoms with E-state index in [9.17, 15) is 21.6 Å². The van der Waals surface area contributed by atoms with Crippen molar-refractivity contribution >= 4 is 31.6 Å². The van der Waals surface area contributed by atoms with Gasteiger partial charge in [0.05, 0.1) is 22.3 Å². The number of amides is 1. The van der Waals surface area contributed by atoms with Crippen LogP contribution in [0.2, 0.25) is 0 Å². The van der Waals surface area contributed by atoms with Crippen molar-refractivity contribution < 1.29 is 21.6 Å². The molecule has 0 radical (unpaired) electrons. The van der Waals surface area contributed by atoms with Crippen molar-refractivity contribution in [2.45, 2.75) is 45.2 Å². The molecule has 1 heterocycles. The lowest BCUT2D eigenvalue weighted by Gasteiger charge is -2.27. The van der Waals surface area contributed by atoms with Gasteiger partial charge in [0.2, 0.25) is 26.0 Å². The number of nitrogens with zero attached hydrogens (tertiary/aromatic N) is 2. The van der Waals surface area contributed by atoms with E-state index in [0.29, 0.717) is 5.56 Å². The van der Waals surface area contributed by atoms with E-state index in [4.69, 9.17) is 0 Å². The molecule has 2 aromatic rings. The Labute approximate surface area is 178 Å². The van der Waals surface area contributed by atoms with Crippen molar-refractivity contribution in [1.29, 1.82) is 0 Å². The van der Waals surface area contributed by atoms with Crippen LogP contribution in [0.1, 0.15) is 31.9 Å². The molecular weight excluding hydrogens is 424 g/mol. The molecular formula is C21H26N2O5S2. The third-order valence-electron chi connectivity index (χ3n) is 5.10. The van der Waals surface area contributed by atoms with Crippen molar-refractivity contribution in [3.63, 3.8) is 0 Å². The zero-order chi connectivity index (χ0) is 22.3. The first-order chi connectivity index (χ1) is 13.9. The average molecular weight is 451 g/mol. The molecule has 1 saturated heterocycles. The standard InChI is InChI=1S/C21H26N2O5S2/c1-15(2)22(13-18-8-6-5-7-9-18)30(27,28)20-11-10-19(12-16(20)3)23-21(24)17(4)14-29(23,25)26/h5-12,15,17H,13-14H2,1-4H3. The lowest BCUT2D eigenvalue weighted by molar-refractivity contribution is -0.119. The second kappa shape index (κ2) is 8.13. The molecule has 1 aliphatic heterocycles. The monoisotopic (exact) mass is 450 g/mol. The highest BCUT2D eigenvalue weighted by molar-refractivity contribution is 7.94. The number of benzene rings is 2. The van der Waals surface area contributed by atoms with E-state index >= 15 is 0 Å². The Kier molecular flexibility index (Phi) is 6.08. The van der Waals surface area contributed by atoms with Crippen LogP contribution in [0.4, 0.5) is 5.69 Å². The molecule has 2 aromatic carbocycles. The fourth-order valence-electron chi connectivity index (χ4n) is 3.57. The summed E-state index contributed by atoms with van der Waals surface area (Å²) in [7, 11) is -7.59. The normalized spacial score (nSPS) is 19.1. The molecule has 1 aliphatic rings. The highest BCUT2D eigenvalue weighted by atomic mass is 32.2. The van der Waals surface area contributed by atoms with E-state index < -0.39 is 31.9 Å². The maximum absolute atomic E-state index is 13.4. The van der Waals surface area contributed by atoms with E-state index in [1.165, 1.54) is 22.5 Å². The molecule has 1 atom stereocenters. The van der Waals surface area contributed by atoms with Gasteiger partial charge in [0.1, 0.15) is 0 Å². The summed E-state index contributed by atoms with van der Waals surface area (Å²) >= 11 is 0. The van der Waals surface area contributed by atoms with Crippen LogP contribution in [-0.4, -0.2) is 38.8 Å². The Bertz CT molecular complexity index is 1160. The third kappa shape index (κ3) is 4.14. The largest absolute Gasteiger partial charge is 0.273 e. The van der Waals surface area contributed by atoms with E-state index in [1.807, 2.05) is 30.3 Å². The summed E-state index contributed by atoms with van der Waals surface area (Å²) in [4.78, 5) is 12.4. The Morgan fingerprint density at radius 3 is 2.27 bits per heavy atom. The van der Waals surface area contributed by atoms with Crippen molar-refractivity contribution in [2.75, 3.05) is 10.1 Å². The highest BCUT2D eigenvalue weighted by Crippen LogP contribution is 2.32. The minimum absolute atomic E-state index is 0.0907. The highest BCUT2D eigenvalue weighted by Gasteiger charge is 2.42. The van der Waals surface area contributed by atoms with Gasteiger partial charge in [-0.2, -0.15) is 4.31 Å². The molecule has 0 bridgehead atoms. The maximum atomic E-state index is 13.4. The fraction of sp³-hybridized carbons (Fsp3) is 0.381. The molecule has 162 valence electrons. The predicted molar refractivity (Wildman–Crippen MR) is 116 cm³/mol. The molecule has 1 amide bonds. The lowest BCUT2D eigenvalue weighted by atomic mass is 10.2. The van der Waals surface area contributed by atoms with Gasteiger partial charge in [-0.1, -0.05) is 37.3 Å². The molecule has 0 saturated carbocycles. The molecule has 7 nitrogen and oxygen atoms in total. The molecule has 0 spiro atoms. The Morgan fingerprint density at radius 2 is 1.77 bits per heavy atom. The van der Waals surface area contributed by atoms with Crippen LogP contribution in [-0.2, 0) is 31.4 Å². The van der Waals surface area contributed by atoms with Gasteiger partial charge < -0.3 is 0 Å². The first kappa shape index (κ1) is 22.5. The first-order valence-electron chi connectivity index (χ1n) is 9.68. The van der Waals surface area contributed by atoms with Crippen LogP contribution in [0, 0.1) is 12.8 Å². The minimum atomic E-state index is -3.84. The SMILES string of the molecule is Cc1cc(N2C(=O)C(C)CS2(=O)=O)ccc1S(=O)(=O)N(Cc1ccccc1)C(C)C. The smallest absolute Gasteiger partial charge is 0.244 e. The van der Waals surface area contributed by atoms with Gasteiger partial charge in [-0.15, -0.1) is 0 Å². The molecule has 1 unspecified atom stereocenters. The molecule has 0 aliphatic carbocycles. The van der Waals surface area contributed by atoms with Gasteiger partial charge in [0.25, 0.3) is 0 Å². The average Bonchev–Trinajstić information content (AvgIpc) is 2.86. The Hall–Kier alpha value is -2.23. The van der Waals surface area contributed by atoms with Gasteiger partial charge >= 0.3 is 0 Å². The number of sulfonamides is 2. The summed E-state index contributed by atoms with van der Waals surface area (Å²) in [5.74, 6) is -1.37. The Morgan fingerprint density at radius 1 is 1.13 bits per heavy atom. The number of carbonyl (C=O) groups excluding carboxylic acids is 1. The summed E-state index contributed by atoms with van der Waals surface area (Å²) in [6.07, 6.45) is 0. The predicted octanol–water partition coefficient (Wildman–Crippen LogP) is 2.91. The van der Waals surface area contributed by atoms with Crippen LogP contribution in [0.15, 0.2) is 53.4 Å². The molecule has 30 heavy (non-hydrogen) atoms. The van der Waals surface area contributed by atoms with Crippen LogP contribution >= 0.6 is 0 Å². The number of aryl methyl sites for hydroxylation is 1. The second-order valence-electron chi connectivity index (χ2n) is 7.86. The zero-order valence-electron chi connectivity index (χ0n) is 17.4. The fourth-order valence-corrected chi connectivity index (χ4v) is 7.22. The van der Waals surface area contributed by atoms with E-state index in [2.05, 4.69) is 0 Å². The van der Waals surface area contributed by atoms with Crippen LogP contribution in [0.3, 0.4) is 0 Å². The van der Waals surface area contributed by atoms with Crippen molar-refractivity contribution in [3.05, 3.63) is 59.7 Å². The van der Waals surface area contributed by atoms with Gasteiger partial charge in [-0.05, 0) is 50.1 Å². The van der Waals surface area contributed by atoms with Gasteiger partial charge in [0.15, 0.2) is 0 Å². The third-order valence-corrected chi connectivity index (χ3v) is 9.15. The number of carbonyl (C=O) groups is 1. The van der Waals surface area contributed by atoms with E-state index in [0.717, 1.165) is 9.87 Å². The van der Waals surface area contributed by atoms with Crippen LogP contribution < -0.4 is 4.31 Å². The van der Waals surface area contributed by atoms with Crippen molar-refractivity contribution in [1.82, 2.24) is 4.31 Å². The number of hydrogen-bond donors (Lipinski definition) is 0. The molecule has 0 aromatic heterocycles. The number of anilines is 1. The molecule has 1 fully saturated rings. The number of rotatable bonds is 6. The summed E-state index contributed by atoms with van der Waals surface area (Å²) in [6, 6.07) is 13.2. The Balaban J connectivity index is 1.99. The molecule has 3 rings (SSSR count). The summed E-state index contributed by atoms with van der Waals surface area (Å²) in [5, 5.41) is 0. The van der Waals surface area contributed by atoms with Gasteiger partial charge in [0, 0.05) is 12.6 Å². The van der Waals surface area contributed by atoms with Crippen molar-refractivity contribution in [3.8, 4) is 0 Å². The second-order valence-corrected chi connectivity index (χ2v) is 11.6. The maximum Gasteiger partial charge on any atom is 0.244 e. The van der Waals surface area contributed by atoms with Gasteiger partial charge in [-0.3, -0.25) is 4.79 Å². The zero-order valence-corrected chi connectivity index (χ0v) is 19.1. The number of hydrogen-bond acceptors (Lipinski definition) is 5. The summed E-state index contributed by atoms with van der Waals surface area (Å²) in [5.41, 5.74) is 1.42. The lowest BCUT2D eigenvalue weighted by Crippen LogP contribution is -2.37. The summed E-state index contributed by atoms with van der Waals surface area (Å²) < 4.78 is 53.7. The van der Waals surface area contributed by atoms with E-state index in [-0.39, 0.29) is 28.9 Å². The molecule has 9 heteroatoms. The summed E-state index contributed by atoms with van der Waals surface area (Å²) in [6.45, 7) is 7.00. The van der Waals surface area contributed by atoms with Crippen LogP contribution in [0.25, 0.3) is 0 Å².